The second-order valence-corrected chi connectivity index (χ2v) is 17.2. The lowest BCUT2D eigenvalue weighted by atomic mass is 9.85. The fraction of sp³-hybridized carbons (Fsp3) is 0.574. The number of hydrogen-bond acceptors (Lipinski definition) is 10. The van der Waals surface area contributed by atoms with Crippen LogP contribution in [0.2, 0.25) is 0 Å². The monoisotopic (exact) mass is 845 g/mol. The normalized spacial score (nSPS) is 28.2. The minimum Gasteiger partial charge on any atom is -0.508 e. The number of ether oxygens (including phenoxy) is 1. The fourth-order valence-corrected chi connectivity index (χ4v) is 7.92. The minimum absolute atomic E-state index is 0.0133. The molecule has 1 saturated carbocycles. The highest BCUT2D eigenvalue weighted by molar-refractivity contribution is 5.93. The Labute approximate surface area is 360 Å². The van der Waals surface area contributed by atoms with Gasteiger partial charge in [-0.05, 0) is 87.5 Å². The van der Waals surface area contributed by atoms with Gasteiger partial charge in [0.1, 0.15) is 35.8 Å². The fourth-order valence-electron chi connectivity index (χ4n) is 7.92. The van der Waals surface area contributed by atoms with Crippen molar-refractivity contribution in [1.82, 2.24) is 26.4 Å². The number of benzene rings is 1. The van der Waals surface area contributed by atoms with E-state index in [-0.39, 0.29) is 49.3 Å². The first-order chi connectivity index (χ1) is 29.1. The van der Waals surface area contributed by atoms with E-state index in [9.17, 15) is 39.0 Å². The van der Waals surface area contributed by atoms with Crippen LogP contribution in [0.15, 0.2) is 72.4 Å². The number of aliphatic hydroxyl groups is 1. The van der Waals surface area contributed by atoms with E-state index < -0.39 is 71.8 Å². The molecule has 3 aliphatic rings. The molecule has 0 spiro atoms. The number of aliphatic hydroxyl groups excluding tert-OH is 1. The molecule has 334 valence electrons. The number of phenolic OH excluding ortho intramolecular Hbond substituents is 1. The number of allylic oxidation sites excluding steroid dienone is 5. The van der Waals surface area contributed by atoms with Crippen molar-refractivity contribution in [1.29, 1.82) is 0 Å². The molecule has 7 atom stereocenters. The molecule has 2 fully saturated rings. The van der Waals surface area contributed by atoms with Gasteiger partial charge in [0.2, 0.25) is 17.7 Å². The minimum atomic E-state index is -1.18. The predicted octanol–water partition coefficient (Wildman–Crippen LogP) is 4.81. The molecule has 2 bridgehead atoms. The maximum atomic E-state index is 14.4. The molecular formula is C47H67N5O9. The third-order valence-electron chi connectivity index (χ3n) is 11.7. The highest BCUT2D eigenvalue weighted by Gasteiger charge is 2.38. The van der Waals surface area contributed by atoms with Gasteiger partial charge in [0.05, 0.1) is 12.0 Å². The standard InChI is InChI=1S/C47H67N5O9/c1-30(2)42-45(58)49-39(29-34-18-14-21-36(54)28-34)46(59)52-27-15-22-38(51-52)47(60)61-40(31(3)17-13-24-41(55)48-35-19-10-8-11-20-35)23-12-7-6-9-16-32(4)43(56)37(44(57)50-42)26-25-33(5)53/h6-7,9,12-14,17-18,21,24,28,30,32,35,37-40,42-43,51,54,56H,8,10-11,15-16,19-20,22-23,25-27,29H2,1-5H3,(H,48,55)(H,49,58)(H,50,57)/b9-6+,12-7+,24-13+,31-17+/t32-,37+,38?,39-,40-,42-,43+/m0/s1. The van der Waals surface area contributed by atoms with Crippen molar-refractivity contribution in [3.63, 3.8) is 0 Å². The quantitative estimate of drug-likeness (QED) is 0.108. The Balaban J connectivity index is 1.66. The molecule has 61 heavy (non-hydrogen) atoms. The number of rotatable bonds is 10. The summed E-state index contributed by atoms with van der Waals surface area (Å²) in [5.41, 5.74) is 4.29. The van der Waals surface area contributed by atoms with E-state index in [2.05, 4.69) is 21.4 Å². The maximum Gasteiger partial charge on any atom is 0.325 e. The third kappa shape index (κ3) is 15.7. The number of phenols is 1. The smallest absolute Gasteiger partial charge is 0.325 e. The molecule has 4 rings (SSSR count). The molecular weight excluding hydrogens is 779 g/mol. The van der Waals surface area contributed by atoms with Crippen molar-refractivity contribution in [3.05, 3.63) is 77.9 Å². The number of Topliss-reactive ketones (excluding diaryl/α,β-unsaturated/α-hetero) is 1. The van der Waals surface area contributed by atoms with Gasteiger partial charge in [-0.25, -0.2) is 5.43 Å². The highest BCUT2D eigenvalue weighted by Crippen LogP contribution is 2.24. The van der Waals surface area contributed by atoms with Crippen LogP contribution in [0, 0.1) is 17.8 Å². The van der Waals surface area contributed by atoms with Crippen molar-refractivity contribution < 1.29 is 43.7 Å². The summed E-state index contributed by atoms with van der Waals surface area (Å²) in [6.45, 7) is 8.78. The molecule has 2 aliphatic heterocycles. The number of carbonyl (C=O) groups excluding carboxylic acids is 6. The Morgan fingerprint density at radius 3 is 2.38 bits per heavy atom. The number of amides is 4. The lowest BCUT2D eigenvalue weighted by Crippen LogP contribution is -2.62. The number of esters is 1. The number of carbonyl (C=O) groups is 6. The highest BCUT2D eigenvalue weighted by atomic mass is 16.5. The maximum absolute atomic E-state index is 14.4. The molecule has 1 saturated heterocycles. The summed E-state index contributed by atoms with van der Waals surface area (Å²) >= 11 is 0. The number of nitrogens with zero attached hydrogens (tertiary/aromatic N) is 1. The second kappa shape index (κ2) is 24.4. The number of hydrazine groups is 1. The predicted molar refractivity (Wildman–Crippen MR) is 232 cm³/mol. The lowest BCUT2D eigenvalue weighted by Gasteiger charge is -2.36. The van der Waals surface area contributed by atoms with Gasteiger partial charge < -0.3 is 35.7 Å². The summed E-state index contributed by atoms with van der Waals surface area (Å²) < 4.78 is 6.10. The first-order valence-electron chi connectivity index (χ1n) is 21.9. The third-order valence-corrected chi connectivity index (χ3v) is 11.7. The Hall–Kier alpha value is -5.08. The molecule has 14 nitrogen and oxygen atoms in total. The second-order valence-electron chi connectivity index (χ2n) is 17.2. The van der Waals surface area contributed by atoms with E-state index in [4.69, 9.17) is 4.74 Å². The number of cyclic esters (lactones) is 1. The largest absolute Gasteiger partial charge is 0.508 e. The zero-order valence-electron chi connectivity index (χ0n) is 36.4. The van der Waals surface area contributed by atoms with Crippen LogP contribution in [-0.2, 0) is 39.9 Å². The number of aromatic hydroxyl groups is 1. The van der Waals surface area contributed by atoms with E-state index in [1.54, 1.807) is 38.1 Å². The molecule has 0 radical (unpaired) electrons. The molecule has 1 unspecified atom stereocenters. The zero-order valence-corrected chi connectivity index (χ0v) is 36.4. The average Bonchev–Trinajstić information content (AvgIpc) is 3.22. The van der Waals surface area contributed by atoms with E-state index in [1.165, 1.54) is 36.6 Å². The van der Waals surface area contributed by atoms with Gasteiger partial charge in [-0.1, -0.05) is 88.6 Å². The Morgan fingerprint density at radius 1 is 0.967 bits per heavy atom. The van der Waals surface area contributed by atoms with E-state index in [0.29, 0.717) is 36.8 Å². The van der Waals surface area contributed by atoms with Crippen molar-refractivity contribution in [2.24, 2.45) is 17.8 Å². The molecule has 1 aromatic carbocycles. The Bertz CT molecular complexity index is 1800. The van der Waals surface area contributed by atoms with Crippen LogP contribution in [0.1, 0.15) is 111 Å². The van der Waals surface area contributed by atoms with Gasteiger partial charge in [0.25, 0.3) is 5.91 Å². The van der Waals surface area contributed by atoms with Crippen LogP contribution in [0.5, 0.6) is 5.75 Å². The number of nitrogens with one attached hydrogen (secondary N) is 4. The number of ketones is 1. The van der Waals surface area contributed by atoms with Crippen LogP contribution in [-0.4, -0.2) is 93.5 Å². The van der Waals surface area contributed by atoms with Crippen LogP contribution >= 0.6 is 0 Å². The van der Waals surface area contributed by atoms with E-state index in [0.717, 1.165) is 25.7 Å². The molecule has 0 aromatic heterocycles. The first kappa shape index (κ1) is 48.6. The van der Waals surface area contributed by atoms with Gasteiger partial charge in [0, 0.05) is 37.9 Å². The van der Waals surface area contributed by atoms with Gasteiger partial charge in [0.15, 0.2) is 0 Å². The summed E-state index contributed by atoms with van der Waals surface area (Å²) in [5, 5.41) is 31.7. The van der Waals surface area contributed by atoms with Crippen molar-refractivity contribution in [3.8, 4) is 5.75 Å². The first-order valence-corrected chi connectivity index (χ1v) is 21.9. The van der Waals surface area contributed by atoms with Crippen LogP contribution < -0.4 is 21.4 Å². The molecule has 2 heterocycles. The summed E-state index contributed by atoms with van der Waals surface area (Å²) in [4.78, 5) is 80.9. The summed E-state index contributed by atoms with van der Waals surface area (Å²) in [5.74, 6) is -4.49. The molecule has 1 aromatic rings. The average molecular weight is 846 g/mol. The van der Waals surface area contributed by atoms with Crippen LogP contribution in [0.4, 0.5) is 0 Å². The molecule has 6 N–H and O–H groups in total. The lowest BCUT2D eigenvalue weighted by molar-refractivity contribution is -0.156. The summed E-state index contributed by atoms with van der Waals surface area (Å²) in [6, 6.07) is 3.33. The van der Waals surface area contributed by atoms with Crippen LogP contribution in [0.25, 0.3) is 0 Å². The summed E-state index contributed by atoms with van der Waals surface area (Å²) in [6.07, 6.45) is 17.3. The van der Waals surface area contributed by atoms with Gasteiger partial charge in [-0.2, -0.15) is 0 Å². The topological polar surface area (TPSA) is 203 Å². The van der Waals surface area contributed by atoms with Crippen molar-refractivity contribution in [2.75, 3.05) is 6.54 Å². The Kier molecular flexibility index (Phi) is 19.4. The van der Waals surface area contributed by atoms with E-state index >= 15 is 0 Å². The van der Waals surface area contributed by atoms with E-state index in [1.807, 2.05) is 38.2 Å². The van der Waals surface area contributed by atoms with Crippen LogP contribution in [0.3, 0.4) is 0 Å². The summed E-state index contributed by atoms with van der Waals surface area (Å²) in [7, 11) is 0. The Morgan fingerprint density at radius 2 is 1.69 bits per heavy atom. The van der Waals surface area contributed by atoms with Crippen molar-refractivity contribution in [2.45, 2.75) is 148 Å². The number of hydrogen-bond donors (Lipinski definition) is 6. The van der Waals surface area contributed by atoms with Gasteiger partial charge in [-0.15, -0.1) is 0 Å². The molecule has 14 heteroatoms. The van der Waals surface area contributed by atoms with Gasteiger partial charge >= 0.3 is 5.97 Å². The SMILES string of the molecule is CC(=O)CC[C@H]1C(=O)N[C@@H](C(C)C)C(=O)N[C@@H](Cc2cccc(O)c2)C(=O)N2CCCC(N2)C(=O)O[C@H](/C(C)=C/C=C/C(=O)NC2CCCCC2)C/C=C/C=C/C[C@H](C)[C@H]1O. The van der Waals surface area contributed by atoms with Crippen molar-refractivity contribution >= 4 is 35.4 Å². The zero-order chi connectivity index (χ0) is 44.5. The number of fused-ring (bicyclic) bond motifs is 2. The van der Waals surface area contributed by atoms with Gasteiger partial charge in [-0.3, -0.25) is 29.0 Å². The molecule has 1 aliphatic carbocycles. The molecule has 4 amide bonds.